The van der Waals surface area contributed by atoms with Crippen LogP contribution in [0.4, 0.5) is 5.69 Å². The van der Waals surface area contributed by atoms with Gasteiger partial charge in [-0.15, -0.1) is 27.0 Å². The normalized spacial score (nSPS) is 12.5. The number of guanidine groups is 1. The van der Waals surface area contributed by atoms with Gasteiger partial charge in [0.1, 0.15) is 11.0 Å². The lowest BCUT2D eigenvalue weighted by atomic mass is 10.1. The zero-order valence-electron chi connectivity index (χ0n) is 18.8. The molecule has 0 aliphatic carbocycles. The van der Waals surface area contributed by atoms with Crippen molar-refractivity contribution in [2.24, 2.45) is 10.7 Å². The highest BCUT2D eigenvalue weighted by molar-refractivity contribution is 7.99. The first-order valence-corrected chi connectivity index (χ1v) is 11.5. The summed E-state index contributed by atoms with van der Waals surface area (Å²) in [5, 5.41) is 27.4. The molecule has 1 unspecified atom stereocenters. The predicted octanol–water partition coefficient (Wildman–Crippen LogP) is 3.45. The van der Waals surface area contributed by atoms with Crippen LogP contribution in [0.15, 0.2) is 57.9 Å². The number of aromatic hydroxyl groups is 1. The van der Waals surface area contributed by atoms with E-state index in [0.29, 0.717) is 18.3 Å². The fourth-order valence-corrected chi connectivity index (χ4v) is 4.15. The third kappa shape index (κ3) is 6.03. The van der Waals surface area contributed by atoms with Gasteiger partial charge in [0.15, 0.2) is 0 Å². The van der Waals surface area contributed by atoms with E-state index in [2.05, 4.69) is 15.2 Å². The van der Waals surface area contributed by atoms with Crippen LogP contribution in [-0.4, -0.2) is 59.1 Å². The molecular formula is C23H27N7O2S. The number of aromatic nitrogens is 2. The minimum absolute atomic E-state index is 0.134. The molecule has 0 saturated heterocycles. The van der Waals surface area contributed by atoms with E-state index in [0.717, 1.165) is 29.1 Å². The molecule has 1 aromatic heterocycles. The van der Waals surface area contributed by atoms with Crippen LogP contribution >= 0.6 is 11.8 Å². The monoisotopic (exact) mass is 465 g/mol. The van der Waals surface area contributed by atoms with Gasteiger partial charge in [-0.2, -0.15) is 5.26 Å². The van der Waals surface area contributed by atoms with E-state index >= 15 is 0 Å². The molecular weight excluding hydrogens is 438 g/mol. The highest BCUT2D eigenvalue weighted by Gasteiger charge is 2.24. The third-order valence-electron chi connectivity index (χ3n) is 4.86. The Hall–Kier alpha value is -3.55. The lowest BCUT2D eigenvalue weighted by Gasteiger charge is -2.24. The summed E-state index contributed by atoms with van der Waals surface area (Å²) in [5.74, 6) is 1.96. The first kappa shape index (κ1) is 24.1. The lowest BCUT2D eigenvalue weighted by Crippen LogP contribution is -2.41. The fraction of sp³-hybridized carbons (Fsp3) is 0.304. The van der Waals surface area contributed by atoms with E-state index in [9.17, 15) is 5.11 Å². The maximum Gasteiger partial charge on any atom is 0.247 e. The van der Waals surface area contributed by atoms with Crippen molar-refractivity contribution >= 4 is 23.4 Å². The predicted molar refractivity (Wildman–Crippen MR) is 131 cm³/mol. The van der Waals surface area contributed by atoms with Crippen LogP contribution in [-0.2, 0) is 0 Å². The average molecular weight is 466 g/mol. The number of thioether (sulfide) groups is 1. The summed E-state index contributed by atoms with van der Waals surface area (Å²) in [5.41, 5.74) is 8.28. The highest BCUT2D eigenvalue weighted by atomic mass is 32.2. The van der Waals surface area contributed by atoms with Crippen molar-refractivity contribution in [1.82, 2.24) is 15.1 Å². The van der Waals surface area contributed by atoms with Crippen molar-refractivity contribution in [2.75, 3.05) is 37.8 Å². The van der Waals surface area contributed by atoms with Crippen LogP contribution in [0.2, 0.25) is 0 Å². The average Bonchev–Trinajstić information content (AvgIpc) is 3.29. The molecule has 172 valence electrons. The van der Waals surface area contributed by atoms with Crippen molar-refractivity contribution in [3.05, 3.63) is 60.0 Å². The molecule has 1 atom stereocenters. The maximum atomic E-state index is 10.3. The second-order valence-corrected chi connectivity index (χ2v) is 8.79. The van der Waals surface area contributed by atoms with Gasteiger partial charge in [-0.3, -0.25) is 0 Å². The van der Waals surface area contributed by atoms with Gasteiger partial charge < -0.3 is 25.1 Å². The number of hydrogen-bond acceptors (Lipinski definition) is 8. The van der Waals surface area contributed by atoms with Crippen molar-refractivity contribution in [3.8, 4) is 23.4 Å². The van der Waals surface area contributed by atoms with Crippen molar-refractivity contribution in [1.29, 1.82) is 5.26 Å². The first-order chi connectivity index (χ1) is 15.9. The van der Waals surface area contributed by atoms with Gasteiger partial charge in [-0.25, -0.2) is 0 Å². The van der Waals surface area contributed by atoms with Crippen LogP contribution in [0.1, 0.15) is 23.6 Å². The molecule has 0 fully saturated rings. The molecule has 10 heteroatoms. The molecule has 3 rings (SSSR count). The quantitative estimate of drug-likeness (QED) is 0.277. The van der Waals surface area contributed by atoms with Crippen LogP contribution in [0.5, 0.6) is 5.75 Å². The third-order valence-corrected chi connectivity index (χ3v) is 5.98. The molecule has 1 heterocycles. The van der Waals surface area contributed by atoms with Gasteiger partial charge in [0.2, 0.25) is 23.9 Å². The lowest BCUT2D eigenvalue weighted by molar-refractivity contribution is 0.419. The van der Waals surface area contributed by atoms with Crippen LogP contribution < -0.4 is 10.6 Å². The molecule has 3 N–H and O–H groups in total. The summed E-state index contributed by atoms with van der Waals surface area (Å²) in [6, 6.07) is 14.6. The summed E-state index contributed by atoms with van der Waals surface area (Å²) in [7, 11) is 3.93. The summed E-state index contributed by atoms with van der Waals surface area (Å²) >= 11 is 1.61. The Labute approximate surface area is 197 Å². The molecule has 33 heavy (non-hydrogen) atoms. The smallest absolute Gasteiger partial charge is 0.247 e. The van der Waals surface area contributed by atoms with Gasteiger partial charge in [0.05, 0.1) is 0 Å². The summed E-state index contributed by atoms with van der Waals surface area (Å²) in [4.78, 5) is 7.48. The van der Waals surface area contributed by atoms with Crippen molar-refractivity contribution in [2.45, 2.75) is 12.2 Å². The molecule has 0 aliphatic rings. The number of likely N-dealkylation sites (N-methyl/N-ethyl adjacent to an activating group) is 1. The number of hydrogen-bond donors (Lipinski definition) is 2. The fourth-order valence-electron chi connectivity index (χ4n) is 3.20. The molecule has 0 aliphatic heterocycles. The molecule has 9 nitrogen and oxygen atoms in total. The Bertz CT molecular complexity index is 1120. The van der Waals surface area contributed by atoms with E-state index < -0.39 is 0 Å². The van der Waals surface area contributed by atoms with Crippen LogP contribution in [0, 0.1) is 11.5 Å². The molecule has 0 spiro atoms. The van der Waals surface area contributed by atoms with Crippen molar-refractivity contribution < 1.29 is 9.52 Å². The molecule has 3 aromatic rings. The number of aliphatic imine (C=N–C) groups is 1. The van der Waals surface area contributed by atoms with Gasteiger partial charge in [0.25, 0.3) is 0 Å². The largest absolute Gasteiger partial charge is 0.508 e. The number of phenols is 1. The van der Waals surface area contributed by atoms with E-state index in [1.54, 1.807) is 35.0 Å². The van der Waals surface area contributed by atoms with Gasteiger partial charge in [-0.05, 0) is 50.2 Å². The SMILES string of the molecule is CCSC(c1nnc(-c2ccc(N(CCN(C)C)C(N)=NC#N)cc2)o1)c1ccccc1O. The minimum atomic E-state index is -0.264. The maximum absolute atomic E-state index is 10.3. The number of phenolic OH excluding ortho intramolecular Hbond substituents is 1. The second-order valence-electron chi connectivity index (χ2n) is 7.41. The number of para-hydroxylation sites is 1. The molecule has 0 saturated carbocycles. The molecule has 0 radical (unpaired) electrons. The van der Waals surface area contributed by atoms with Crippen LogP contribution in [0.3, 0.4) is 0 Å². The minimum Gasteiger partial charge on any atom is -0.508 e. The standard InChI is InChI=1S/C23H27N7O2S/c1-4-33-20(18-7-5-6-8-19(18)31)22-28-27-21(32-22)16-9-11-17(12-10-16)30(14-13-29(2)3)23(25)26-15-24/h5-12,20,31H,4,13-14H2,1-3H3,(H2,25,26). The number of nitrogens with two attached hydrogens (primary N) is 1. The van der Waals surface area contributed by atoms with E-state index in [1.807, 2.05) is 62.3 Å². The number of anilines is 1. The zero-order valence-corrected chi connectivity index (χ0v) is 19.7. The van der Waals surface area contributed by atoms with E-state index in [-0.39, 0.29) is 17.0 Å². The van der Waals surface area contributed by atoms with Gasteiger partial charge >= 0.3 is 0 Å². The molecule has 0 bridgehead atoms. The van der Waals surface area contributed by atoms with Crippen LogP contribution in [0.25, 0.3) is 11.5 Å². The Morgan fingerprint density at radius 2 is 1.91 bits per heavy atom. The number of rotatable bonds is 9. The van der Waals surface area contributed by atoms with Crippen molar-refractivity contribution in [3.63, 3.8) is 0 Å². The Morgan fingerprint density at radius 3 is 2.55 bits per heavy atom. The number of benzene rings is 2. The summed E-state index contributed by atoms with van der Waals surface area (Å²) in [6.45, 7) is 3.35. The Balaban J connectivity index is 1.86. The van der Waals surface area contributed by atoms with Gasteiger partial charge in [0, 0.05) is 29.9 Å². The Morgan fingerprint density at radius 1 is 1.18 bits per heavy atom. The zero-order chi connectivity index (χ0) is 23.8. The first-order valence-electron chi connectivity index (χ1n) is 10.4. The summed E-state index contributed by atoms with van der Waals surface area (Å²) < 4.78 is 5.99. The van der Waals surface area contributed by atoms with Gasteiger partial charge in [-0.1, -0.05) is 25.1 Å². The summed E-state index contributed by atoms with van der Waals surface area (Å²) in [6.07, 6.45) is 1.74. The second kappa shape index (κ2) is 11.4. The molecule has 0 amide bonds. The number of nitrogens with zero attached hydrogens (tertiary/aromatic N) is 6. The Kier molecular flexibility index (Phi) is 8.29. The highest BCUT2D eigenvalue weighted by Crippen LogP contribution is 2.39. The van der Waals surface area contributed by atoms with E-state index in [4.69, 9.17) is 15.4 Å². The topological polar surface area (TPSA) is 128 Å². The molecule has 2 aromatic carbocycles. The van der Waals surface area contributed by atoms with E-state index in [1.165, 1.54) is 0 Å². The number of nitriles is 1.